The molecule has 16 nitrogen and oxygen atoms in total. The van der Waals surface area contributed by atoms with Gasteiger partial charge in [-0.2, -0.15) is 10.2 Å². The van der Waals surface area contributed by atoms with Crippen LogP contribution in [-0.2, 0) is 38.1 Å². The number of anilines is 2. The molecule has 6 rings (SSSR count). The van der Waals surface area contributed by atoms with E-state index in [9.17, 15) is 19.2 Å². The third-order valence-electron chi connectivity index (χ3n) is 8.25. The van der Waals surface area contributed by atoms with E-state index < -0.39 is 48.8 Å². The van der Waals surface area contributed by atoms with Gasteiger partial charge in [0, 0.05) is 49.6 Å². The van der Waals surface area contributed by atoms with Gasteiger partial charge in [0.15, 0.2) is 41.6 Å². The molecule has 0 fully saturated rings. The Labute approximate surface area is 332 Å². The standard InChI is InChI=1S/C42H38N8O8/c1-25(51)55-24-36(56-26(2)52)38(58-28(4)54)37(57-27(3)53)35(48-50-42-32-20-12-14-22-34(32)45-40(47-42)30-17-9-6-10-18-30)23-43-49-41-31-19-11-13-21-33(31)44-39(46-41)29-15-7-5-8-16-29/h5-23,36-38H,24H2,1-4H3,(H,44,46,49)(H,45,47,50)/b43-23+,48-35-/t36-,37-,38+/m1/s1. The first kappa shape index (κ1) is 40.1. The molecule has 2 N–H and O–H groups in total. The maximum Gasteiger partial charge on any atom is 0.303 e. The molecule has 294 valence electrons. The first-order valence-electron chi connectivity index (χ1n) is 18.0. The van der Waals surface area contributed by atoms with Crippen LogP contribution in [0.4, 0.5) is 11.6 Å². The van der Waals surface area contributed by atoms with Gasteiger partial charge in [-0.25, -0.2) is 19.9 Å². The number of nitrogens with zero attached hydrogens (tertiary/aromatic N) is 6. The molecule has 0 amide bonds. The smallest absolute Gasteiger partial charge is 0.303 e. The van der Waals surface area contributed by atoms with E-state index in [4.69, 9.17) is 38.9 Å². The molecule has 58 heavy (non-hydrogen) atoms. The van der Waals surface area contributed by atoms with E-state index in [0.29, 0.717) is 39.3 Å². The molecule has 2 heterocycles. The molecule has 0 spiro atoms. The lowest BCUT2D eigenvalue weighted by atomic mass is 10.0. The lowest BCUT2D eigenvalue weighted by Gasteiger charge is -2.31. The van der Waals surface area contributed by atoms with Crippen molar-refractivity contribution in [2.24, 2.45) is 10.2 Å². The fraction of sp³-hybridized carbons (Fsp3) is 0.190. The predicted octanol–water partition coefficient (Wildman–Crippen LogP) is 6.13. The molecular weight excluding hydrogens is 745 g/mol. The predicted molar refractivity (Wildman–Crippen MR) is 216 cm³/mol. The highest BCUT2D eigenvalue weighted by molar-refractivity contribution is 6.33. The van der Waals surface area contributed by atoms with Crippen molar-refractivity contribution in [1.82, 2.24) is 19.9 Å². The molecule has 0 aliphatic carbocycles. The summed E-state index contributed by atoms with van der Waals surface area (Å²) in [7, 11) is 0. The Morgan fingerprint density at radius 1 is 0.586 bits per heavy atom. The fourth-order valence-corrected chi connectivity index (χ4v) is 5.81. The normalized spacial score (nSPS) is 13.0. The first-order valence-corrected chi connectivity index (χ1v) is 18.0. The van der Waals surface area contributed by atoms with Crippen LogP contribution in [0.15, 0.2) is 119 Å². The van der Waals surface area contributed by atoms with E-state index >= 15 is 0 Å². The summed E-state index contributed by atoms with van der Waals surface area (Å²) >= 11 is 0. The van der Waals surface area contributed by atoms with E-state index in [1.165, 1.54) is 6.21 Å². The number of hydrogen-bond acceptors (Lipinski definition) is 16. The lowest BCUT2D eigenvalue weighted by molar-refractivity contribution is -0.183. The second kappa shape index (κ2) is 18.8. The number of esters is 4. The Morgan fingerprint density at radius 3 is 1.57 bits per heavy atom. The van der Waals surface area contributed by atoms with Gasteiger partial charge < -0.3 is 18.9 Å². The Hall–Kier alpha value is -7.62. The largest absolute Gasteiger partial charge is 0.462 e. The van der Waals surface area contributed by atoms with Crippen LogP contribution in [0.5, 0.6) is 0 Å². The molecule has 0 radical (unpaired) electrons. The molecule has 0 aliphatic heterocycles. The van der Waals surface area contributed by atoms with Gasteiger partial charge in [-0.3, -0.25) is 30.0 Å². The van der Waals surface area contributed by atoms with Crippen molar-refractivity contribution in [3.05, 3.63) is 109 Å². The Balaban J connectivity index is 1.49. The van der Waals surface area contributed by atoms with Gasteiger partial charge in [-0.05, 0) is 24.3 Å². The van der Waals surface area contributed by atoms with Crippen molar-refractivity contribution in [3.63, 3.8) is 0 Å². The van der Waals surface area contributed by atoms with E-state index in [0.717, 1.165) is 38.8 Å². The Morgan fingerprint density at radius 2 is 1.07 bits per heavy atom. The minimum absolute atomic E-state index is 0.153. The van der Waals surface area contributed by atoms with Gasteiger partial charge in [-0.1, -0.05) is 84.9 Å². The average Bonchev–Trinajstić information content (AvgIpc) is 3.22. The molecule has 0 aliphatic rings. The molecule has 6 aromatic rings. The molecule has 0 bridgehead atoms. The van der Waals surface area contributed by atoms with Gasteiger partial charge in [0.2, 0.25) is 0 Å². The summed E-state index contributed by atoms with van der Waals surface area (Å²) in [6, 6.07) is 33.3. The van der Waals surface area contributed by atoms with Crippen molar-refractivity contribution in [3.8, 4) is 22.8 Å². The number of hydrogen-bond donors (Lipinski definition) is 2. The number of rotatable bonds is 15. The van der Waals surface area contributed by atoms with Crippen molar-refractivity contribution in [2.75, 3.05) is 17.5 Å². The number of ether oxygens (including phenoxy) is 4. The van der Waals surface area contributed by atoms with Crippen LogP contribution in [-0.4, -0.2) is 80.7 Å². The zero-order valence-corrected chi connectivity index (χ0v) is 31.9. The van der Waals surface area contributed by atoms with Gasteiger partial charge >= 0.3 is 23.9 Å². The van der Waals surface area contributed by atoms with Crippen molar-refractivity contribution >= 4 is 69.2 Å². The monoisotopic (exact) mass is 782 g/mol. The minimum atomic E-state index is -1.62. The summed E-state index contributed by atoms with van der Waals surface area (Å²) in [4.78, 5) is 68.6. The van der Waals surface area contributed by atoms with E-state index in [2.05, 4.69) is 21.1 Å². The fourth-order valence-electron chi connectivity index (χ4n) is 5.81. The van der Waals surface area contributed by atoms with Crippen LogP contribution in [0.2, 0.25) is 0 Å². The van der Waals surface area contributed by atoms with Crippen LogP contribution in [0.3, 0.4) is 0 Å². The van der Waals surface area contributed by atoms with Gasteiger partial charge in [0.1, 0.15) is 12.3 Å². The Bertz CT molecular complexity index is 2500. The van der Waals surface area contributed by atoms with Gasteiger partial charge in [0.05, 0.1) is 17.2 Å². The summed E-state index contributed by atoms with van der Waals surface area (Å²) in [6.07, 6.45) is -3.48. The summed E-state index contributed by atoms with van der Waals surface area (Å²) in [5.74, 6) is -1.74. The summed E-state index contributed by atoms with van der Waals surface area (Å²) in [6.45, 7) is 3.96. The third kappa shape index (κ3) is 10.4. The number of carbonyl (C=O) groups excluding carboxylic acids is 4. The molecule has 4 aromatic carbocycles. The van der Waals surface area contributed by atoms with Crippen molar-refractivity contribution in [2.45, 2.75) is 46.0 Å². The number of aromatic nitrogens is 4. The van der Waals surface area contributed by atoms with Crippen LogP contribution in [0.25, 0.3) is 44.6 Å². The van der Waals surface area contributed by atoms with Crippen molar-refractivity contribution in [1.29, 1.82) is 0 Å². The highest BCUT2D eigenvalue weighted by Gasteiger charge is 2.41. The third-order valence-corrected chi connectivity index (χ3v) is 8.25. The number of benzene rings is 4. The maximum atomic E-state index is 12.8. The number of para-hydroxylation sites is 2. The van der Waals surface area contributed by atoms with Crippen LogP contribution in [0, 0.1) is 0 Å². The molecule has 16 heteroatoms. The van der Waals surface area contributed by atoms with Crippen LogP contribution >= 0.6 is 0 Å². The van der Waals surface area contributed by atoms with E-state index in [-0.39, 0.29) is 11.5 Å². The second-order valence-corrected chi connectivity index (χ2v) is 12.6. The zero-order chi connectivity index (χ0) is 41.0. The number of nitrogens with one attached hydrogen (secondary N) is 2. The number of fused-ring (bicyclic) bond motifs is 2. The molecule has 0 unspecified atom stereocenters. The highest BCUT2D eigenvalue weighted by atomic mass is 16.6. The average molecular weight is 783 g/mol. The zero-order valence-electron chi connectivity index (χ0n) is 31.9. The molecule has 3 atom stereocenters. The van der Waals surface area contributed by atoms with Crippen LogP contribution in [0.1, 0.15) is 27.7 Å². The van der Waals surface area contributed by atoms with Gasteiger partial charge in [0.25, 0.3) is 0 Å². The number of hydrazone groups is 2. The molecular formula is C42H38N8O8. The summed E-state index contributed by atoms with van der Waals surface area (Å²) in [5.41, 5.74) is 8.51. The van der Waals surface area contributed by atoms with Crippen LogP contribution < -0.4 is 10.9 Å². The number of carbonyl (C=O) groups is 4. The molecule has 2 aromatic heterocycles. The van der Waals surface area contributed by atoms with Crippen molar-refractivity contribution < 1.29 is 38.1 Å². The minimum Gasteiger partial charge on any atom is -0.462 e. The molecule has 0 saturated heterocycles. The topological polar surface area (TPSA) is 206 Å². The summed E-state index contributed by atoms with van der Waals surface area (Å²) < 4.78 is 22.1. The maximum absolute atomic E-state index is 12.8. The van der Waals surface area contributed by atoms with E-state index in [1.807, 2.05) is 103 Å². The SMILES string of the molecule is CC(=O)OC[C@@H](OC(C)=O)[C@H](OC(C)=O)[C@H](OC(C)=O)C(/C=N/Nc1nc(-c2ccccc2)nc2ccccc12)=N\Nc1nc(-c2ccccc2)nc2ccccc12. The Kier molecular flexibility index (Phi) is 13.0. The quantitative estimate of drug-likeness (QED) is 0.0520. The summed E-state index contributed by atoms with van der Waals surface area (Å²) in [5, 5.41) is 10.3. The lowest BCUT2D eigenvalue weighted by Crippen LogP contribution is -2.51. The van der Waals surface area contributed by atoms with E-state index in [1.54, 1.807) is 6.07 Å². The van der Waals surface area contributed by atoms with Gasteiger partial charge in [-0.15, -0.1) is 0 Å². The molecule has 0 saturated carbocycles. The highest BCUT2D eigenvalue weighted by Crippen LogP contribution is 2.27. The second-order valence-electron chi connectivity index (χ2n) is 12.6. The first-order chi connectivity index (χ1) is 28.0.